The zero-order valence-corrected chi connectivity index (χ0v) is 14.4. The van der Waals surface area contributed by atoms with Gasteiger partial charge < -0.3 is 9.15 Å². The molecule has 0 aliphatic heterocycles. The van der Waals surface area contributed by atoms with Gasteiger partial charge in [-0.05, 0) is 37.3 Å². The van der Waals surface area contributed by atoms with E-state index in [-0.39, 0.29) is 35.6 Å². The van der Waals surface area contributed by atoms with E-state index in [4.69, 9.17) is 9.15 Å². The highest BCUT2D eigenvalue weighted by molar-refractivity contribution is 5.70. The molecule has 1 unspecified atom stereocenters. The normalized spacial score (nSPS) is 12.0. The van der Waals surface area contributed by atoms with Crippen LogP contribution in [0, 0.1) is 17.5 Å². The summed E-state index contributed by atoms with van der Waals surface area (Å²) in [5, 5.41) is 0. The number of nitrogens with zero attached hydrogens (tertiary/aromatic N) is 1. The first-order valence-electron chi connectivity index (χ1n) is 8.28. The summed E-state index contributed by atoms with van der Waals surface area (Å²) in [6, 6.07) is 9.06. The number of halogens is 3. The number of oxazole rings is 1. The number of carbonyl (C=O) groups is 1. The monoisotopic (exact) mass is 375 g/mol. The lowest BCUT2D eigenvalue weighted by atomic mass is 10.1. The van der Waals surface area contributed by atoms with Gasteiger partial charge in [-0.15, -0.1) is 0 Å². The molecule has 4 nitrogen and oxygen atoms in total. The average molecular weight is 375 g/mol. The van der Waals surface area contributed by atoms with Gasteiger partial charge in [-0.1, -0.05) is 12.1 Å². The Kier molecular flexibility index (Phi) is 5.59. The molecule has 1 aromatic heterocycles. The summed E-state index contributed by atoms with van der Waals surface area (Å²) in [5.41, 5.74) is 0.232. The SMILES string of the molecule is CC(OC(=O)CCc1ncc(-c2ccccc2F)o1)c1cc(F)ccc1F. The first-order valence-corrected chi connectivity index (χ1v) is 8.28. The van der Waals surface area contributed by atoms with Gasteiger partial charge in [-0.2, -0.15) is 0 Å². The predicted octanol–water partition coefficient (Wildman–Crippen LogP) is 5.00. The number of esters is 1. The molecular formula is C20H16F3NO3. The van der Waals surface area contributed by atoms with Crippen LogP contribution in [0.5, 0.6) is 0 Å². The van der Waals surface area contributed by atoms with Gasteiger partial charge in [-0.25, -0.2) is 18.2 Å². The minimum absolute atomic E-state index is 0.0405. The molecule has 3 aromatic rings. The van der Waals surface area contributed by atoms with Crippen LogP contribution >= 0.6 is 0 Å². The molecule has 2 aromatic carbocycles. The highest BCUT2D eigenvalue weighted by Crippen LogP contribution is 2.24. The molecule has 0 bridgehead atoms. The minimum atomic E-state index is -0.938. The Morgan fingerprint density at radius 3 is 2.70 bits per heavy atom. The van der Waals surface area contributed by atoms with Gasteiger partial charge in [0.25, 0.3) is 0 Å². The van der Waals surface area contributed by atoms with Crippen molar-refractivity contribution in [3.8, 4) is 11.3 Å². The standard InChI is InChI=1S/C20H16F3NO3/c1-12(15-10-13(21)6-7-17(15)23)26-20(25)9-8-19-24-11-18(27-19)14-4-2-3-5-16(14)22/h2-7,10-12H,8-9H2,1H3. The molecule has 0 aliphatic carbocycles. The van der Waals surface area contributed by atoms with Crippen LogP contribution in [0.25, 0.3) is 11.3 Å². The Hall–Kier alpha value is -3.09. The average Bonchev–Trinajstić information content (AvgIpc) is 3.11. The van der Waals surface area contributed by atoms with Gasteiger partial charge in [0.2, 0.25) is 0 Å². The Morgan fingerprint density at radius 2 is 1.93 bits per heavy atom. The van der Waals surface area contributed by atoms with Gasteiger partial charge in [0.05, 0.1) is 18.2 Å². The van der Waals surface area contributed by atoms with E-state index < -0.39 is 29.5 Å². The van der Waals surface area contributed by atoms with Crippen molar-refractivity contribution in [2.45, 2.75) is 25.9 Å². The topological polar surface area (TPSA) is 52.3 Å². The van der Waals surface area contributed by atoms with Crippen LogP contribution in [-0.2, 0) is 16.0 Å². The van der Waals surface area contributed by atoms with Crippen molar-refractivity contribution < 1.29 is 27.1 Å². The zero-order valence-electron chi connectivity index (χ0n) is 14.4. The second-order valence-electron chi connectivity index (χ2n) is 5.90. The van der Waals surface area contributed by atoms with E-state index >= 15 is 0 Å². The number of benzene rings is 2. The fraction of sp³-hybridized carbons (Fsp3) is 0.200. The summed E-state index contributed by atoms with van der Waals surface area (Å²) in [5.74, 6) is -1.82. The fourth-order valence-corrected chi connectivity index (χ4v) is 2.57. The predicted molar refractivity (Wildman–Crippen MR) is 91.1 cm³/mol. The van der Waals surface area contributed by atoms with E-state index in [2.05, 4.69) is 4.98 Å². The summed E-state index contributed by atoms with van der Waals surface area (Å²) in [6.07, 6.45) is 0.500. The van der Waals surface area contributed by atoms with E-state index in [1.165, 1.54) is 19.2 Å². The van der Waals surface area contributed by atoms with Crippen molar-refractivity contribution in [3.05, 3.63) is 77.6 Å². The zero-order chi connectivity index (χ0) is 19.4. The molecule has 0 saturated carbocycles. The van der Waals surface area contributed by atoms with Crippen LogP contribution in [0.15, 0.2) is 53.1 Å². The molecule has 1 atom stereocenters. The van der Waals surface area contributed by atoms with Crippen LogP contribution in [0.4, 0.5) is 13.2 Å². The van der Waals surface area contributed by atoms with Gasteiger partial charge >= 0.3 is 5.97 Å². The van der Waals surface area contributed by atoms with Crippen LogP contribution in [0.2, 0.25) is 0 Å². The summed E-state index contributed by atoms with van der Waals surface area (Å²) in [4.78, 5) is 16.0. The van der Waals surface area contributed by atoms with Crippen LogP contribution in [0.3, 0.4) is 0 Å². The molecule has 1 heterocycles. The van der Waals surface area contributed by atoms with Crippen molar-refractivity contribution in [3.63, 3.8) is 0 Å². The highest BCUT2D eigenvalue weighted by Gasteiger charge is 2.17. The number of aromatic nitrogens is 1. The lowest BCUT2D eigenvalue weighted by molar-refractivity contribution is -0.148. The number of hydrogen-bond donors (Lipinski definition) is 0. The summed E-state index contributed by atoms with van der Waals surface area (Å²) in [7, 11) is 0. The fourth-order valence-electron chi connectivity index (χ4n) is 2.57. The van der Waals surface area contributed by atoms with Gasteiger partial charge in [0.15, 0.2) is 11.7 Å². The molecule has 0 aliphatic rings. The Bertz CT molecular complexity index is 955. The summed E-state index contributed by atoms with van der Waals surface area (Å²) in [6.45, 7) is 1.46. The van der Waals surface area contributed by atoms with E-state index in [1.54, 1.807) is 18.2 Å². The first kappa shape index (κ1) is 18.7. The molecule has 0 radical (unpaired) electrons. The maximum Gasteiger partial charge on any atom is 0.306 e. The van der Waals surface area contributed by atoms with E-state index in [0.29, 0.717) is 0 Å². The molecule has 0 spiro atoms. The van der Waals surface area contributed by atoms with Gasteiger partial charge in [0, 0.05) is 12.0 Å². The smallest absolute Gasteiger partial charge is 0.306 e. The molecule has 140 valence electrons. The number of rotatable bonds is 6. The molecule has 0 fully saturated rings. The maximum absolute atomic E-state index is 13.7. The molecule has 3 rings (SSSR count). The Labute approximate surface area is 153 Å². The quantitative estimate of drug-likeness (QED) is 0.569. The molecule has 0 amide bonds. The van der Waals surface area contributed by atoms with E-state index in [0.717, 1.165) is 18.2 Å². The van der Waals surface area contributed by atoms with E-state index in [1.807, 2.05) is 0 Å². The van der Waals surface area contributed by atoms with Crippen molar-refractivity contribution in [2.24, 2.45) is 0 Å². The second-order valence-corrected chi connectivity index (χ2v) is 5.90. The molecular weight excluding hydrogens is 359 g/mol. The minimum Gasteiger partial charge on any atom is -0.458 e. The van der Waals surface area contributed by atoms with Crippen molar-refractivity contribution >= 4 is 5.97 Å². The van der Waals surface area contributed by atoms with Crippen molar-refractivity contribution in [1.82, 2.24) is 4.98 Å². The van der Waals surface area contributed by atoms with Gasteiger partial charge in [0.1, 0.15) is 23.6 Å². The number of aryl methyl sites for hydroxylation is 1. The Morgan fingerprint density at radius 1 is 1.15 bits per heavy atom. The third kappa shape index (κ3) is 4.55. The second kappa shape index (κ2) is 8.07. The van der Waals surface area contributed by atoms with Crippen LogP contribution in [0.1, 0.15) is 30.9 Å². The third-order valence-corrected chi connectivity index (χ3v) is 3.94. The highest BCUT2D eigenvalue weighted by atomic mass is 19.1. The number of ether oxygens (including phenoxy) is 1. The van der Waals surface area contributed by atoms with E-state index in [9.17, 15) is 18.0 Å². The molecule has 7 heteroatoms. The summed E-state index contributed by atoms with van der Waals surface area (Å²) >= 11 is 0. The van der Waals surface area contributed by atoms with Gasteiger partial charge in [-0.3, -0.25) is 4.79 Å². The molecule has 0 saturated heterocycles. The van der Waals surface area contributed by atoms with Crippen molar-refractivity contribution in [1.29, 1.82) is 0 Å². The Balaban J connectivity index is 1.58. The number of carbonyl (C=O) groups excluding carboxylic acids is 1. The maximum atomic E-state index is 13.7. The molecule has 27 heavy (non-hydrogen) atoms. The van der Waals surface area contributed by atoms with Crippen LogP contribution in [-0.4, -0.2) is 11.0 Å². The third-order valence-electron chi connectivity index (χ3n) is 3.94. The lowest BCUT2D eigenvalue weighted by Crippen LogP contribution is -2.11. The van der Waals surface area contributed by atoms with Crippen molar-refractivity contribution in [2.75, 3.05) is 0 Å². The number of hydrogen-bond acceptors (Lipinski definition) is 4. The molecule has 0 N–H and O–H groups in total. The largest absolute Gasteiger partial charge is 0.458 e. The summed E-state index contributed by atoms with van der Waals surface area (Å²) < 4.78 is 51.3. The first-order chi connectivity index (χ1) is 12.9. The van der Waals surface area contributed by atoms with Crippen LogP contribution < -0.4 is 0 Å². The lowest BCUT2D eigenvalue weighted by Gasteiger charge is -2.14.